The zero-order valence-corrected chi connectivity index (χ0v) is 6.74. The summed E-state index contributed by atoms with van der Waals surface area (Å²) in [5.41, 5.74) is -0.565. The number of hydrogen-bond donors (Lipinski definition) is 1. The topological polar surface area (TPSA) is 33.1 Å². The Kier molecular flexibility index (Phi) is 1.27. The molecule has 4 heteroatoms. The molecule has 1 N–H and O–H groups in total. The Morgan fingerprint density at radius 1 is 1.70 bits per heavy atom. The van der Waals surface area contributed by atoms with Gasteiger partial charge < -0.3 is 5.11 Å². The smallest absolute Gasteiger partial charge is 0.183 e. The summed E-state index contributed by atoms with van der Waals surface area (Å²) in [6.45, 7) is 0. The molecule has 1 aromatic rings. The summed E-state index contributed by atoms with van der Waals surface area (Å²) in [5.74, 6) is 0. The van der Waals surface area contributed by atoms with E-state index < -0.39 is 5.60 Å². The summed E-state index contributed by atoms with van der Waals surface area (Å²) in [4.78, 5) is 4.75. The van der Waals surface area contributed by atoms with E-state index in [1.165, 1.54) is 11.3 Å². The number of rotatable bonds is 1. The lowest BCUT2D eigenvalue weighted by Gasteiger charge is -1.99. The van der Waals surface area contributed by atoms with Crippen molar-refractivity contribution in [1.82, 2.24) is 4.98 Å². The third-order valence-corrected chi connectivity index (χ3v) is 2.97. The van der Waals surface area contributed by atoms with Gasteiger partial charge in [-0.25, -0.2) is 4.98 Å². The van der Waals surface area contributed by atoms with Crippen molar-refractivity contribution < 1.29 is 5.11 Å². The number of nitrogens with zero attached hydrogens (tertiary/aromatic N) is 1. The van der Waals surface area contributed by atoms with Crippen LogP contribution in [-0.4, -0.2) is 10.1 Å². The van der Waals surface area contributed by atoms with Gasteiger partial charge in [0.25, 0.3) is 0 Å². The second-order valence-electron chi connectivity index (χ2n) is 2.51. The maximum absolute atomic E-state index is 9.53. The lowest BCUT2D eigenvalue weighted by Crippen LogP contribution is -1.99. The lowest BCUT2D eigenvalue weighted by atomic mass is 10.3. The van der Waals surface area contributed by atoms with E-state index in [-0.39, 0.29) is 0 Å². The predicted molar refractivity (Wildman–Crippen MR) is 40.3 cm³/mol. The van der Waals surface area contributed by atoms with Crippen LogP contribution in [0.5, 0.6) is 0 Å². The molecule has 0 aromatic carbocycles. The Labute approximate surface area is 67.5 Å². The van der Waals surface area contributed by atoms with Gasteiger partial charge in [-0.05, 0) is 12.8 Å². The molecule has 2 nitrogen and oxygen atoms in total. The van der Waals surface area contributed by atoms with E-state index in [4.69, 9.17) is 11.6 Å². The largest absolute Gasteiger partial charge is 0.384 e. The van der Waals surface area contributed by atoms with E-state index in [1.807, 2.05) is 0 Å². The molecule has 1 aliphatic rings. The van der Waals surface area contributed by atoms with Crippen LogP contribution >= 0.6 is 22.9 Å². The van der Waals surface area contributed by atoms with Crippen LogP contribution in [0, 0.1) is 0 Å². The molecular weight excluding hydrogens is 170 g/mol. The van der Waals surface area contributed by atoms with E-state index in [0.29, 0.717) is 4.47 Å². The highest BCUT2D eigenvalue weighted by molar-refractivity contribution is 7.15. The van der Waals surface area contributed by atoms with E-state index in [0.717, 1.165) is 17.7 Å². The minimum absolute atomic E-state index is 0.510. The molecule has 0 unspecified atom stereocenters. The quantitative estimate of drug-likeness (QED) is 0.706. The third-order valence-electron chi connectivity index (χ3n) is 1.66. The first-order chi connectivity index (χ1) is 4.71. The van der Waals surface area contributed by atoms with Crippen molar-refractivity contribution in [3.63, 3.8) is 0 Å². The molecule has 1 heterocycles. The third kappa shape index (κ3) is 0.944. The Morgan fingerprint density at radius 2 is 2.40 bits per heavy atom. The van der Waals surface area contributed by atoms with Gasteiger partial charge in [0.15, 0.2) is 4.47 Å². The van der Waals surface area contributed by atoms with Crippen LogP contribution in [0.25, 0.3) is 0 Å². The molecule has 0 aliphatic heterocycles. The number of halogens is 1. The first-order valence-corrected chi connectivity index (χ1v) is 4.24. The van der Waals surface area contributed by atoms with E-state index in [9.17, 15) is 5.11 Å². The molecule has 0 atom stereocenters. The monoisotopic (exact) mass is 175 g/mol. The van der Waals surface area contributed by atoms with Gasteiger partial charge in [-0.15, -0.1) is 11.3 Å². The van der Waals surface area contributed by atoms with Crippen LogP contribution in [0.2, 0.25) is 4.47 Å². The van der Waals surface area contributed by atoms with Gasteiger partial charge in [0.1, 0.15) is 5.60 Å². The minimum atomic E-state index is -0.565. The molecule has 0 radical (unpaired) electrons. The van der Waals surface area contributed by atoms with Crippen LogP contribution in [-0.2, 0) is 5.60 Å². The van der Waals surface area contributed by atoms with Crippen LogP contribution < -0.4 is 0 Å². The van der Waals surface area contributed by atoms with Crippen molar-refractivity contribution in [2.75, 3.05) is 0 Å². The van der Waals surface area contributed by atoms with Gasteiger partial charge in [-0.2, -0.15) is 0 Å². The summed E-state index contributed by atoms with van der Waals surface area (Å²) in [6, 6.07) is 0. The zero-order chi connectivity index (χ0) is 7.19. The molecule has 0 spiro atoms. The van der Waals surface area contributed by atoms with Gasteiger partial charge in [-0.3, -0.25) is 0 Å². The standard InChI is InChI=1S/C6H6ClNOS/c7-5-8-3-4(10-5)6(9)1-2-6/h3,9H,1-2H2. The average Bonchev–Trinajstić information content (AvgIpc) is 2.45. The Balaban J connectivity index is 2.34. The number of hydrogen-bond acceptors (Lipinski definition) is 3. The number of aromatic nitrogens is 1. The Morgan fingerprint density at radius 3 is 2.80 bits per heavy atom. The molecule has 54 valence electrons. The van der Waals surface area contributed by atoms with Crippen molar-refractivity contribution in [3.05, 3.63) is 15.5 Å². The van der Waals surface area contributed by atoms with E-state index in [1.54, 1.807) is 6.20 Å². The Bertz CT molecular complexity index is 256. The zero-order valence-electron chi connectivity index (χ0n) is 5.17. The molecular formula is C6H6ClNOS. The average molecular weight is 176 g/mol. The van der Waals surface area contributed by atoms with Crippen LogP contribution in [0.3, 0.4) is 0 Å². The van der Waals surface area contributed by atoms with Crippen LogP contribution in [0.1, 0.15) is 17.7 Å². The normalized spacial score (nSPS) is 21.0. The van der Waals surface area contributed by atoms with Gasteiger partial charge in [-0.1, -0.05) is 11.6 Å². The number of thiazole rings is 1. The summed E-state index contributed by atoms with van der Waals surface area (Å²) >= 11 is 6.95. The van der Waals surface area contributed by atoms with Gasteiger partial charge in [0, 0.05) is 6.20 Å². The fourth-order valence-corrected chi connectivity index (χ4v) is 1.92. The molecule has 1 aliphatic carbocycles. The highest BCUT2D eigenvalue weighted by atomic mass is 35.5. The molecule has 0 saturated heterocycles. The SMILES string of the molecule is OC1(c2cnc(Cl)s2)CC1. The molecule has 2 rings (SSSR count). The first kappa shape index (κ1) is 6.58. The van der Waals surface area contributed by atoms with Gasteiger partial charge >= 0.3 is 0 Å². The summed E-state index contributed by atoms with van der Waals surface area (Å²) in [7, 11) is 0. The van der Waals surface area contributed by atoms with Gasteiger partial charge in [0.05, 0.1) is 4.88 Å². The summed E-state index contributed by atoms with van der Waals surface area (Å²) in [6.07, 6.45) is 3.36. The van der Waals surface area contributed by atoms with E-state index >= 15 is 0 Å². The predicted octanol–water partition coefficient (Wildman–Crippen LogP) is 1.78. The van der Waals surface area contributed by atoms with Crippen molar-refractivity contribution >= 4 is 22.9 Å². The highest BCUT2D eigenvalue weighted by Gasteiger charge is 2.43. The van der Waals surface area contributed by atoms with Crippen LogP contribution in [0.15, 0.2) is 6.20 Å². The summed E-state index contributed by atoms with van der Waals surface area (Å²) < 4.78 is 0.510. The molecule has 0 amide bonds. The van der Waals surface area contributed by atoms with Crippen molar-refractivity contribution in [3.8, 4) is 0 Å². The first-order valence-electron chi connectivity index (χ1n) is 3.05. The minimum Gasteiger partial charge on any atom is -0.384 e. The fourth-order valence-electron chi connectivity index (χ4n) is 0.833. The van der Waals surface area contributed by atoms with Crippen molar-refractivity contribution in [1.29, 1.82) is 0 Å². The maximum Gasteiger partial charge on any atom is 0.183 e. The molecule has 0 bridgehead atoms. The molecule has 10 heavy (non-hydrogen) atoms. The Hall–Kier alpha value is -0.120. The van der Waals surface area contributed by atoms with Crippen LogP contribution in [0.4, 0.5) is 0 Å². The second kappa shape index (κ2) is 1.94. The fraction of sp³-hybridized carbons (Fsp3) is 0.500. The highest BCUT2D eigenvalue weighted by Crippen LogP contribution is 2.47. The number of aliphatic hydroxyl groups is 1. The molecule has 1 aromatic heterocycles. The summed E-state index contributed by atoms with van der Waals surface area (Å²) in [5, 5.41) is 9.53. The molecule has 1 saturated carbocycles. The van der Waals surface area contributed by atoms with Gasteiger partial charge in [0.2, 0.25) is 0 Å². The molecule has 1 fully saturated rings. The van der Waals surface area contributed by atoms with E-state index in [2.05, 4.69) is 4.98 Å². The lowest BCUT2D eigenvalue weighted by molar-refractivity contribution is 0.155. The van der Waals surface area contributed by atoms with Crippen molar-refractivity contribution in [2.24, 2.45) is 0 Å². The maximum atomic E-state index is 9.53. The van der Waals surface area contributed by atoms with Crippen molar-refractivity contribution in [2.45, 2.75) is 18.4 Å². The second-order valence-corrected chi connectivity index (χ2v) is 4.12.